The lowest BCUT2D eigenvalue weighted by atomic mass is 10.00. The van der Waals surface area contributed by atoms with E-state index in [1.807, 2.05) is 42.5 Å². The molecule has 4 nitrogen and oxygen atoms in total. The maximum Gasteiger partial charge on any atom is 0.175 e. The highest BCUT2D eigenvalue weighted by Gasteiger charge is 2.13. The van der Waals surface area contributed by atoms with E-state index in [4.69, 9.17) is 10.00 Å². The predicted molar refractivity (Wildman–Crippen MR) is 88.4 cm³/mol. The van der Waals surface area contributed by atoms with Gasteiger partial charge in [-0.25, -0.2) is 0 Å². The number of ketones is 1. The summed E-state index contributed by atoms with van der Waals surface area (Å²) in [5, 5.41) is 9.10. The Labute approximate surface area is 136 Å². The molecule has 2 aromatic rings. The molecular formula is C19H18N2O2. The number of nitrogens with zero attached hydrogens (tertiary/aromatic N) is 2. The second-order valence-electron chi connectivity index (χ2n) is 5.41. The van der Waals surface area contributed by atoms with Gasteiger partial charge in [0.2, 0.25) is 0 Å². The Bertz CT molecular complexity index is 726. The molecular weight excluding hydrogens is 288 g/mol. The molecule has 0 unspecified atom stereocenters. The number of benzene rings is 1. The highest BCUT2D eigenvalue weighted by atomic mass is 16.5. The summed E-state index contributed by atoms with van der Waals surface area (Å²) in [6.07, 6.45) is 5.08. The van der Waals surface area contributed by atoms with Crippen LogP contribution in [0.1, 0.15) is 25.0 Å². The first-order valence-corrected chi connectivity index (χ1v) is 7.38. The van der Waals surface area contributed by atoms with Gasteiger partial charge in [0.1, 0.15) is 18.4 Å². The predicted octanol–water partition coefficient (Wildman–Crippen LogP) is 3.79. The molecule has 0 aliphatic rings. The van der Waals surface area contributed by atoms with E-state index in [1.54, 1.807) is 32.3 Å². The first-order chi connectivity index (χ1) is 11.1. The van der Waals surface area contributed by atoms with Crippen molar-refractivity contribution >= 4 is 11.9 Å². The average molecular weight is 306 g/mol. The molecule has 0 saturated heterocycles. The molecule has 0 N–H and O–H groups in total. The van der Waals surface area contributed by atoms with Crippen molar-refractivity contribution in [1.29, 1.82) is 5.26 Å². The molecule has 116 valence electrons. The van der Waals surface area contributed by atoms with Crippen LogP contribution in [0.25, 0.3) is 6.08 Å². The van der Waals surface area contributed by atoms with Crippen LogP contribution in [0.2, 0.25) is 0 Å². The van der Waals surface area contributed by atoms with E-state index in [0.29, 0.717) is 6.61 Å². The molecule has 2 rings (SSSR count). The van der Waals surface area contributed by atoms with Crippen LogP contribution in [0.5, 0.6) is 5.75 Å². The molecule has 0 aliphatic heterocycles. The van der Waals surface area contributed by atoms with Crippen molar-refractivity contribution in [2.45, 2.75) is 20.5 Å². The molecule has 0 radical (unpaired) electrons. The van der Waals surface area contributed by atoms with Crippen LogP contribution in [0.3, 0.4) is 0 Å². The van der Waals surface area contributed by atoms with Crippen LogP contribution in [-0.4, -0.2) is 10.8 Å². The normalized spacial score (nSPS) is 11.1. The largest absolute Gasteiger partial charge is 0.489 e. The molecule has 1 heterocycles. The summed E-state index contributed by atoms with van der Waals surface area (Å²) < 4.78 is 5.67. The number of ether oxygens (including phenoxy) is 1. The zero-order chi connectivity index (χ0) is 16.7. The molecule has 0 fully saturated rings. The number of Topliss-reactive ketones (excluding diaryl/α,β-unsaturated/α-hetero) is 1. The highest BCUT2D eigenvalue weighted by Crippen LogP contribution is 2.17. The van der Waals surface area contributed by atoms with Gasteiger partial charge in [-0.1, -0.05) is 32.0 Å². The van der Waals surface area contributed by atoms with Crippen molar-refractivity contribution in [2.75, 3.05) is 0 Å². The number of aromatic nitrogens is 1. The van der Waals surface area contributed by atoms with Crippen LogP contribution in [0.4, 0.5) is 0 Å². The zero-order valence-corrected chi connectivity index (χ0v) is 13.2. The van der Waals surface area contributed by atoms with E-state index < -0.39 is 0 Å². The van der Waals surface area contributed by atoms with Gasteiger partial charge in [0.15, 0.2) is 5.78 Å². The fourth-order valence-corrected chi connectivity index (χ4v) is 1.95. The van der Waals surface area contributed by atoms with Crippen molar-refractivity contribution in [3.8, 4) is 11.8 Å². The zero-order valence-electron chi connectivity index (χ0n) is 13.2. The van der Waals surface area contributed by atoms with Crippen molar-refractivity contribution in [1.82, 2.24) is 4.98 Å². The summed E-state index contributed by atoms with van der Waals surface area (Å²) in [6.45, 7) is 4.00. The number of hydrogen-bond donors (Lipinski definition) is 0. The van der Waals surface area contributed by atoms with Crippen LogP contribution in [0, 0.1) is 17.2 Å². The van der Waals surface area contributed by atoms with Gasteiger partial charge in [-0.05, 0) is 29.8 Å². The van der Waals surface area contributed by atoms with Gasteiger partial charge in [0.25, 0.3) is 0 Å². The van der Waals surface area contributed by atoms with Crippen molar-refractivity contribution in [3.63, 3.8) is 0 Å². The van der Waals surface area contributed by atoms with Crippen molar-refractivity contribution < 1.29 is 9.53 Å². The summed E-state index contributed by atoms with van der Waals surface area (Å²) in [6, 6.07) is 13.1. The third-order valence-electron chi connectivity index (χ3n) is 3.23. The molecule has 0 spiro atoms. The van der Waals surface area contributed by atoms with E-state index in [0.717, 1.165) is 16.9 Å². The minimum Gasteiger partial charge on any atom is -0.489 e. The maximum absolute atomic E-state index is 11.9. The Morgan fingerprint density at radius 3 is 2.61 bits per heavy atom. The molecule has 0 saturated carbocycles. The minimum atomic E-state index is -0.192. The van der Waals surface area contributed by atoms with Crippen LogP contribution < -0.4 is 4.74 Å². The van der Waals surface area contributed by atoms with Gasteiger partial charge in [-0.2, -0.15) is 5.26 Å². The third kappa shape index (κ3) is 4.79. The van der Waals surface area contributed by atoms with E-state index in [1.165, 1.54) is 0 Å². The quantitative estimate of drug-likeness (QED) is 0.601. The monoisotopic (exact) mass is 306 g/mol. The first-order valence-electron chi connectivity index (χ1n) is 7.38. The third-order valence-corrected chi connectivity index (χ3v) is 3.23. The number of carbonyl (C=O) groups excluding carboxylic acids is 1. The molecule has 1 aromatic heterocycles. The molecule has 0 amide bonds. The number of carbonyl (C=O) groups is 1. The van der Waals surface area contributed by atoms with Crippen molar-refractivity contribution in [2.24, 2.45) is 5.92 Å². The average Bonchev–Trinajstić information content (AvgIpc) is 2.59. The summed E-state index contributed by atoms with van der Waals surface area (Å²) in [7, 11) is 0. The molecule has 0 bridgehead atoms. The molecule has 0 atom stereocenters. The standard InChI is InChI=1S/C19H18N2O2/c1-14(2)19(22)17(11-20)10-15-5-7-18(8-6-15)23-13-16-4-3-9-21-12-16/h3-10,12,14H,13H2,1-2H3/b17-10-. The van der Waals surface area contributed by atoms with Gasteiger partial charge < -0.3 is 4.74 Å². The number of allylic oxidation sites excluding steroid dienone is 1. The lowest BCUT2D eigenvalue weighted by Crippen LogP contribution is -2.08. The van der Waals surface area contributed by atoms with Crippen LogP contribution in [0.15, 0.2) is 54.4 Å². The summed E-state index contributed by atoms with van der Waals surface area (Å²) >= 11 is 0. The second-order valence-corrected chi connectivity index (χ2v) is 5.41. The van der Waals surface area contributed by atoms with Gasteiger partial charge in [0, 0.05) is 23.9 Å². The topological polar surface area (TPSA) is 63.0 Å². The Balaban J connectivity index is 2.04. The molecule has 0 aliphatic carbocycles. The van der Waals surface area contributed by atoms with Crippen molar-refractivity contribution in [3.05, 3.63) is 65.5 Å². The lowest BCUT2D eigenvalue weighted by molar-refractivity contribution is -0.117. The Kier molecular flexibility index (Phi) is 5.65. The lowest BCUT2D eigenvalue weighted by Gasteiger charge is -2.06. The van der Waals surface area contributed by atoms with E-state index in [9.17, 15) is 4.79 Å². The van der Waals surface area contributed by atoms with E-state index in [2.05, 4.69) is 4.98 Å². The molecule has 4 heteroatoms. The number of pyridine rings is 1. The highest BCUT2D eigenvalue weighted by molar-refractivity contribution is 6.04. The summed E-state index contributed by atoms with van der Waals surface area (Å²) in [4.78, 5) is 15.9. The number of hydrogen-bond acceptors (Lipinski definition) is 4. The van der Waals surface area contributed by atoms with Crippen LogP contribution >= 0.6 is 0 Å². The Hall–Kier alpha value is -2.93. The van der Waals surface area contributed by atoms with Crippen LogP contribution in [-0.2, 0) is 11.4 Å². The fourth-order valence-electron chi connectivity index (χ4n) is 1.95. The van der Waals surface area contributed by atoms with Gasteiger partial charge >= 0.3 is 0 Å². The maximum atomic E-state index is 11.9. The fraction of sp³-hybridized carbons (Fsp3) is 0.211. The summed E-state index contributed by atoms with van der Waals surface area (Å²) in [5.41, 5.74) is 1.96. The molecule has 1 aromatic carbocycles. The Morgan fingerprint density at radius 2 is 2.04 bits per heavy atom. The minimum absolute atomic E-state index is 0.149. The smallest absolute Gasteiger partial charge is 0.175 e. The summed E-state index contributed by atoms with van der Waals surface area (Å²) in [5.74, 6) is 0.382. The van der Waals surface area contributed by atoms with E-state index in [-0.39, 0.29) is 17.3 Å². The van der Waals surface area contributed by atoms with E-state index >= 15 is 0 Å². The second kappa shape index (κ2) is 7.90. The van der Waals surface area contributed by atoms with Gasteiger partial charge in [-0.3, -0.25) is 9.78 Å². The van der Waals surface area contributed by atoms with Gasteiger partial charge in [0.05, 0.1) is 5.57 Å². The SMILES string of the molecule is CC(C)C(=O)/C(C#N)=C\c1ccc(OCc2cccnc2)cc1. The first kappa shape index (κ1) is 16.4. The Morgan fingerprint density at radius 1 is 1.30 bits per heavy atom. The van der Waals surface area contributed by atoms with Gasteiger partial charge in [-0.15, -0.1) is 0 Å². The number of rotatable bonds is 6. The molecule has 23 heavy (non-hydrogen) atoms. The number of nitriles is 1.